The second-order valence-electron chi connectivity index (χ2n) is 5.90. The van der Waals surface area contributed by atoms with E-state index in [0.717, 1.165) is 22.6 Å². The molecule has 0 spiro atoms. The van der Waals surface area contributed by atoms with Crippen molar-refractivity contribution >= 4 is 5.78 Å². The normalized spacial score (nSPS) is 21.5. The van der Waals surface area contributed by atoms with Gasteiger partial charge in [-0.05, 0) is 35.4 Å². The van der Waals surface area contributed by atoms with Crippen LogP contribution in [0.2, 0.25) is 0 Å². The Kier molecular flexibility index (Phi) is 4.83. The van der Waals surface area contributed by atoms with Crippen LogP contribution in [0.3, 0.4) is 0 Å². The number of hydroxylamine groups is 2. The average molecular weight is 327 g/mol. The van der Waals surface area contributed by atoms with Crippen molar-refractivity contribution in [3.05, 3.63) is 59.7 Å². The van der Waals surface area contributed by atoms with Crippen LogP contribution in [0.1, 0.15) is 36.1 Å². The van der Waals surface area contributed by atoms with Crippen LogP contribution >= 0.6 is 0 Å². The fourth-order valence-electron chi connectivity index (χ4n) is 3.11. The van der Waals surface area contributed by atoms with E-state index in [4.69, 9.17) is 9.47 Å². The van der Waals surface area contributed by atoms with E-state index in [2.05, 4.69) is 0 Å². The summed E-state index contributed by atoms with van der Waals surface area (Å²) in [4.78, 5) is 12.2. The maximum Gasteiger partial charge on any atom is 0.136 e. The molecule has 126 valence electrons. The number of carbonyl (C=O) groups is 1. The number of benzene rings is 2. The Bertz CT molecular complexity index is 637. The van der Waals surface area contributed by atoms with Crippen LogP contribution in [0.25, 0.3) is 0 Å². The summed E-state index contributed by atoms with van der Waals surface area (Å²) in [6.45, 7) is 0. The molecule has 0 radical (unpaired) electrons. The van der Waals surface area contributed by atoms with Crippen LogP contribution in [-0.2, 0) is 4.79 Å². The number of piperidine rings is 1. The van der Waals surface area contributed by atoms with Crippen molar-refractivity contribution < 1.29 is 19.5 Å². The van der Waals surface area contributed by atoms with Gasteiger partial charge in [0.2, 0.25) is 0 Å². The molecule has 2 atom stereocenters. The Hall–Kier alpha value is -2.37. The molecule has 0 bridgehead atoms. The number of ether oxygens (including phenoxy) is 2. The second-order valence-corrected chi connectivity index (χ2v) is 5.90. The molecule has 1 heterocycles. The molecule has 0 saturated carbocycles. The predicted molar refractivity (Wildman–Crippen MR) is 89.3 cm³/mol. The monoisotopic (exact) mass is 327 g/mol. The average Bonchev–Trinajstić information content (AvgIpc) is 2.63. The van der Waals surface area contributed by atoms with Gasteiger partial charge in [0.25, 0.3) is 0 Å². The van der Waals surface area contributed by atoms with E-state index in [9.17, 15) is 10.0 Å². The number of ketones is 1. The standard InChI is InChI=1S/C19H21NO4/c1-23-16-7-3-13(4-8-16)18-11-15(21)12-19(20(18)22)14-5-9-17(24-2)10-6-14/h3-10,18-19,22H,11-12H2,1-2H3. The first kappa shape index (κ1) is 16.5. The van der Waals surface area contributed by atoms with Crippen molar-refractivity contribution in [2.45, 2.75) is 24.9 Å². The first-order chi connectivity index (χ1) is 11.6. The molecule has 2 aromatic carbocycles. The summed E-state index contributed by atoms with van der Waals surface area (Å²) in [7, 11) is 3.22. The fourth-order valence-corrected chi connectivity index (χ4v) is 3.11. The number of hydrogen-bond donors (Lipinski definition) is 1. The Morgan fingerprint density at radius 2 is 1.21 bits per heavy atom. The molecule has 5 heteroatoms. The van der Waals surface area contributed by atoms with E-state index in [1.807, 2.05) is 48.5 Å². The van der Waals surface area contributed by atoms with E-state index in [-0.39, 0.29) is 17.9 Å². The predicted octanol–water partition coefficient (Wildman–Crippen LogP) is 3.54. The van der Waals surface area contributed by atoms with E-state index in [1.54, 1.807) is 14.2 Å². The Balaban J connectivity index is 1.86. The molecule has 1 aliphatic rings. The van der Waals surface area contributed by atoms with Gasteiger partial charge < -0.3 is 14.7 Å². The Morgan fingerprint density at radius 1 is 0.833 bits per heavy atom. The highest BCUT2D eigenvalue weighted by Gasteiger charge is 2.35. The van der Waals surface area contributed by atoms with Gasteiger partial charge in [0.1, 0.15) is 17.3 Å². The molecule has 0 aromatic heterocycles. The summed E-state index contributed by atoms with van der Waals surface area (Å²) in [5, 5.41) is 12.0. The number of methoxy groups -OCH3 is 2. The van der Waals surface area contributed by atoms with Crippen molar-refractivity contribution in [2.75, 3.05) is 14.2 Å². The smallest absolute Gasteiger partial charge is 0.136 e. The van der Waals surface area contributed by atoms with E-state index < -0.39 is 0 Å². The Labute approximate surface area is 141 Å². The molecule has 0 amide bonds. The first-order valence-electron chi connectivity index (χ1n) is 7.89. The molecule has 0 aliphatic carbocycles. The molecule has 24 heavy (non-hydrogen) atoms. The van der Waals surface area contributed by atoms with E-state index in [1.165, 1.54) is 5.06 Å². The summed E-state index contributed by atoms with van der Waals surface area (Å²) in [5.41, 5.74) is 1.79. The zero-order valence-electron chi connectivity index (χ0n) is 13.8. The van der Waals surface area contributed by atoms with Gasteiger partial charge in [-0.3, -0.25) is 4.79 Å². The molecule has 1 aliphatic heterocycles. The summed E-state index contributed by atoms with van der Waals surface area (Å²) in [6.07, 6.45) is 0.602. The molecule has 1 N–H and O–H groups in total. The highest BCUT2D eigenvalue weighted by atomic mass is 16.5. The molecule has 1 saturated heterocycles. The minimum atomic E-state index is -0.357. The highest BCUT2D eigenvalue weighted by molar-refractivity contribution is 5.81. The number of carbonyl (C=O) groups excluding carboxylic acids is 1. The lowest BCUT2D eigenvalue weighted by atomic mass is 9.88. The third kappa shape index (κ3) is 3.27. The largest absolute Gasteiger partial charge is 0.497 e. The van der Waals surface area contributed by atoms with Crippen LogP contribution in [0, 0.1) is 0 Å². The zero-order chi connectivity index (χ0) is 17.1. The lowest BCUT2D eigenvalue weighted by molar-refractivity contribution is -0.185. The van der Waals surface area contributed by atoms with Crippen molar-refractivity contribution in [1.82, 2.24) is 5.06 Å². The molecular formula is C19H21NO4. The molecular weight excluding hydrogens is 306 g/mol. The maximum absolute atomic E-state index is 12.2. The third-order valence-electron chi connectivity index (χ3n) is 4.48. The summed E-state index contributed by atoms with van der Waals surface area (Å²) in [6, 6.07) is 14.2. The number of rotatable bonds is 4. The summed E-state index contributed by atoms with van der Waals surface area (Å²) < 4.78 is 10.3. The van der Waals surface area contributed by atoms with Crippen molar-refractivity contribution in [3.63, 3.8) is 0 Å². The third-order valence-corrected chi connectivity index (χ3v) is 4.48. The van der Waals surface area contributed by atoms with Gasteiger partial charge in [-0.15, -0.1) is 0 Å². The zero-order valence-corrected chi connectivity index (χ0v) is 13.8. The van der Waals surface area contributed by atoms with Gasteiger partial charge in [-0.1, -0.05) is 24.3 Å². The number of hydrogen-bond acceptors (Lipinski definition) is 5. The molecule has 2 aromatic rings. The van der Waals surface area contributed by atoms with Crippen molar-refractivity contribution in [2.24, 2.45) is 0 Å². The lowest BCUT2D eigenvalue weighted by Crippen LogP contribution is -2.37. The molecule has 3 rings (SSSR count). The summed E-state index contributed by atoms with van der Waals surface area (Å²) in [5.74, 6) is 1.64. The molecule has 5 nitrogen and oxygen atoms in total. The topological polar surface area (TPSA) is 59.0 Å². The van der Waals surface area contributed by atoms with Crippen LogP contribution in [-0.4, -0.2) is 30.3 Å². The maximum atomic E-state index is 12.2. The van der Waals surface area contributed by atoms with Crippen LogP contribution in [0.5, 0.6) is 11.5 Å². The van der Waals surface area contributed by atoms with Crippen LogP contribution < -0.4 is 9.47 Å². The lowest BCUT2D eigenvalue weighted by Gasteiger charge is -2.37. The minimum absolute atomic E-state index is 0.141. The van der Waals surface area contributed by atoms with Crippen LogP contribution in [0.15, 0.2) is 48.5 Å². The van der Waals surface area contributed by atoms with E-state index in [0.29, 0.717) is 12.8 Å². The number of Topliss-reactive ketones (excluding diaryl/α,β-unsaturated/α-hetero) is 1. The number of nitrogens with zero attached hydrogens (tertiary/aromatic N) is 1. The van der Waals surface area contributed by atoms with Crippen molar-refractivity contribution in [3.8, 4) is 11.5 Å². The first-order valence-corrected chi connectivity index (χ1v) is 7.89. The fraction of sp³-hybridized carbons (Fsp3) is 0.316. The van der Waals surface area contributed by atoms with Gasteiger partial charge >= 0.3 is 0 Å². The second kappa shape index (κ2) is 7.03. The van der Waals surface area contributed by atoms with E-state index >= 15 is 0 Å². The van der Waals surface area contributed by atoms with Crippen molar-refractivity contribution in [1.29, 1.82) is 0 Å². The summed E-state index contributed by atoms with van der Waals surface area (Å²) >= 11 is 0. The van der Waals surface area contributed by atoms with Gasteiger partial charge in [0.05, 0.1) is 26.3 Å². The van der Waals surface area contributed by atoms with Gasteiger partial charge in [0.15, 0.2) is 0 Å². The molecule has 1 fully saturated rings. The Morgan fingerprint density at radius 3 is 1.54 bits per heavy atom. The van der Waals surface area contributed by atoms with Gasteiger partial charge in [-0.25, -0.2) is 0 Å². The highest BCUT2D eigenvalue weighted by Crippen LogP contribution is 2.39. The minimum Gasteiger partial charge on any atom is -0.497 e. The van der Waals surface area contributed by atoms with Gasteiger partial charge in [-0.2, -0.15) is 5.06 Å². The van der Waals surface area contributed by atoms with Crippen LogP contribution in [0.4, 0.5) is 0 Å². The van der Waals surface area contributed by atoms with Gasteiger partial charge in [0, 0.05) is 12.8 Å². The molecule has 2 unspecified atom stereocenters. The quantitative estimate of drug-likeness (QED) is 0.931. The SMILES string of the molecule is COc1ccc(C2CC(=O)CC(c3ccc(OC)cc3)N2O)cc1.